The molecule has 1 unspecified atom stereocenters. The minimum Gasteiger partial charge on any atom is -0.472 e. The average molecular weight is 425 g/mol. The lowest BCUT2D eigenvalue weighted by Crippen LogP contribution is -2.24. The summed E-state index contributed by atoms with van der Waals surface area (Å²) in [6.45, 7) is 2.14. The first-order chi connectivity index (χ1) is 14.4. The molecule has 3 rings (SSSR count). The minimum atomic E-state index is -0.550. The van der Waals surface area contributed by atoms with Crippen molar-refractivity contribution >= 4 is 6.41 Å². The zero-order valence-corrected chi connectivity index (χ0v) is 17.2. The third kappa shape index (κ3) is 9.19. The van der Waals surface area contributed by atoms with Crippen molar-refractivity contribution < 1.29 is 23.4 Å². The van der Waals surface area contributed by atoms with Crippen molar-refractivity contribution in [3.05, 3.63) is 36.3 Å². The molecule has 30 heavy (non-hydrogen) atoms. The van der Waals surface area contributed by atoms with Gasteiger partial charge >= 0.3 is 0 Å². The Kier molecular flexibility index (Phi) is 12.1. The molecule has 1 atom stereocenters. The number of likely N-dealkylation sites (N-methyl/N-ethyl adjacent to an activating group) is 1. The smallest absolute Gasteiger partial charge is 0.250 e. The number of rotatable bonds is 5. The maximum atomic E-state index is 14.1. The van der Waals surface area contributed by atoms with Gasteiger partial charge in [-0.2, -0.15) is 0 Å². The van der Waals surface area contributed by atoms with Crippen molar-refractivity contribution in [2.75, 3.05) is 13.7 Å². The third-order valence-electron chi connectivity index (χ3n) is 4.28. The van der Waals surface area contributed by atoms with Gasteiger partial charge in [-0.3, -0.25) is 4.79 Å². The number of aliphatic hydroxyl groups is 1. The second kappa shape index (κ2) is 14.3. The van der Waals surface area contributed by atoms with E-state index >= 15 is 0 Å². The Labute approximate surface area is 174 Å². The van der Waals surface area contributed by atoms with Gasteiger partial charge in [0.25, 0.3) is 5.88 Å². The lowest BCUT2D eigenvalue weighted by Gasteiger charge is -2.22. The number of pyridine rings is 1. The van der Waals surface area contributed by atoms with Crippen molar-refractivity contribution in [2.24, 2.45) is 5.73 Å². The summed E-state index contributed by atoms with van der Waals surface area (Å²) in [7, 11) is 1.82. The van der Waals surface area contributed by atoms with Gasteiger partial charge in [0.05, 0.1) is 19.0 Å². The fourth-order valence-corrected chi connectivity index (χ4v) is 2.53. The molecule has 0 spiro atoms. The number of ether oxygens (including phenoxy) is 1. The zero-order valence-electron chi connectivity index (χ0n) is 17.2. The lowest BCUT2D eigenvalue weighted by molar-refractivity contribution is -0.106. The van der Waals surface area contributed by atoms with Crippen molar-refractivity contribution in [2.45, 2.75) is 51.2 Å². The highest BCUT2D eigenvalue weighted by Gasteiger charge is 2.18. The lowest BCUT2D eigenvalue weighted by atomic mass is 9.98. The summed E-state index contributed by atoms with van der Waals surface area (Å²) in [6.07, 6.45) is 9.08. The maximum absolute atomic E-state index is 14.1. The normalized spacial score (nSPS) is 14.4. The van der Waals surface area contributed by atoms with Gasteiger partial charge in [-0.25, -0.2) is 23.7 Å². The first kappa shape index (κ1) is 25.3. The number of nitrogens with zero attached hydrogens (tertiary/aromatic N) is 3. The monoisotopic (exact) mass is 425 g/mol. The van der Waals surface area contributed by atoms with Gasteiger partial charge in [-0.05, 0) is 45.7 Å². The standard InChI is InChI=1S/C15H15F2N3O.C4H11NO.CH3NO/c16-11-8-18-14(19-9-11)10-6-13(17)15(20-7-10)21-12-4-2-1-3-5-12;1-4(3-6)5-2;2-1-3/h6-9,12H,1-5H2;4-6H,3H2,1-2H3;1H,(H2,2,3). The van der Waals surface area contributed by atoms with Crippen LogP contribution in [-0.2, 0) is 4.79 Å². The number of primary amides is 1. The van der Waals surface area contributed by atoms with Gasteiger partial charge in [0.2, 0.25) is 6.41 Å². The molecule has 1 aliphatic carbocycles. The summed E-state index contributed by atoms with van der Waals surface area (Å²) in [5.41, 5.74) is 4.56. The summed E-state index contributed by atoms with van der Waals surface area (Å²) in [6, 6.07) is 1.50. The van der Waals surface area contributed by atoms with Crippen LogP contribution in [-0.4, -0.2) is 52.3 Å². The molecule has 0 aromatic carbocycles. The Morgan fingerprint density at radius 2 is 1.83 bits per heavy atom. The van der Waals surface area contributed by atoms with Crippen LogP contribution in [0, 0.1) is 11.6 Å². The molecule has 0 saturated heterocycles. The molecular formula is C20H29F2N5O3. The highest BCUT2D eigenvalue weighted by molar-refractivity contribution is 5.53. The van der Waals surface area contributed by atoms with E-state index in [0.29, 0.717) is 5.56 Å². The fourth-order valence-electron chi connectivity index (χ4n) is 2.53. The number of hydrogen-bond donors (Lipinski definition) is 3. The molecule has 1 aliphatic rings. The van der Waals surface area contributed by atoms with Crippen molar-refractivity contribution in [1.29, 1.82) is 0 Å². The largest absolute Gasteiger partial charge is 0.472 e. The SMILES string of the molecule is CNC(C)CO.Fc1cnc(-c2cnc(OC3CCCCC3)c(F)c2)nc1.NC=O. The van der Waals surface area contributed by atoms with E-state index in [1.54, 1.807) is 0 Å². The Morgan fingerprint density at radius 3 is 2.30 bits per heavy atom. The number of amides is 1. The predicted octanol–water partition coefficient (Wildman–Crippen LogP) is 2.22. The van der Waals surface area contributed by atoms with Crippen molar-refractivity contribution in [3.8, 4) is 17.3 Å². The molecule has 1 amide bonds. The quantitative estimate of drug-likeness (QED) is 0.628. The van der Waals surface area contributed by atoms with E-state index in [1.165, 1.54) is 18.7 Å². The van der Waals surface area contributed by atoms with Crippen LogP contribution >= 0.6 is 0 Å². The Balaban J connectivity index is 0.000000426. The Bertz CT molecular complexity index is 740. The molecule has 2 heterocycles. The van der Waals surface area contributed by atoms with Crippen molar-refractivity contribution in [3.63, 3.8) is 0 Å². The molecule has 10 heteroatoms. The minimum absolute atomic E-state index is 0.00719. The summed E-state index contributed by atoms with van der Waals surface area (Å²) >= 11 is 0. The van der Waals surface area contributed by atoms with Crippen molar-refractivity contribution in [1.82, 2.24) is 20.3 Å². The van der Waals surface area contributed by atoms with E-state index in [0.717, 1.165) is 38.1 Å². The van der Waals surface area contributed by atoms with E-state index < -0.39 is 11.6 Å². The Hall–Kier alpha value is -2.72. The molecule has 0 aliphatic heterocycles. The highest BCUT2D eigenvalue weighted by atomic mass is 19.1. The number of halogens is 2. The summed E-state index contributed by atoms with van der Waals surface area (Å²) in [4.78, 5) is 20.2. The molecule has 2 aromatic rings. The van der Waals surface area contributed by atoms with Crippen LogP contribution in [0.4, 0.5) is 8.78 Å². The number of nitrogens with two attached hydrogens (primary N) is 1. The van der Waals surface area contributed by atoms with Gasteiger partial charge in [0.1, 0.15) is 6.10 Å². The molecule has 1 saturated carbocycles. The number of carbonyl (C=O) groups is 1. The number of nitrogens with one attached hydrogen (secondary N) is 1. The average Bonchev–Trinajstić information content (AvgIpc) is 2.77. The van der Waals surface area contributed by atoms with Gasteiger partial charge in [0.15, 0.2) is 17.5 Å². The molecule has 1 fully saturated rings. The van der Waals surface area contributed by atoms with E-state index in [9.17, 15) is 8.78 Å². The van der Waals surface area contributed by atoms with Gasteiger partial charge in [-0.1, -0.05) is 6.42 Å². The Morgan fingerprint density at radius 1 is 1.23 bits per heavy atom. The van der Waals surface area contributed by atoms with Crippen LogP contribution in [0.3, 0.4) is 0 Å². The second-order valence-electron chi connectivity index (χ2n) is 6.62. The number of hydrogen-bond acceptors (Lipinski definition) is 7. The highest BCUT2D eigenvalue weighted by Crippen LogP contribution is 2.25. The molecular weight excluding hydrogens is 396 g/mol. The summed E-state index contributed by atoms with van der Waals surface area (Å²) in [5, 5.41) is 11.1. The maximum Gasteiger partial charge on any atom is 0.250 e. The predicted molar refractivity (Wildman–Crippen MR) is 109 cm³/mol. The molecule has 0 bridgehead atoms. The van der Waals surface area contributed by atoms with Crippen LogP contribution < -0.4 is 15.8 Å². The molecule has 4 N–H and O–H groups in total. The van der Waals surface area contributed by atoms with Gasteiger partial charge in [-0.15, -0.1) is 0 Å². The first-order valence-corrected chi connectivity index (χ1v) is 9.68. The summed E-state index contributed by atoms with van der Waals surface area (Å²) < 4.78 is 32.4. The van der Waals surface area contributed by atoms with Gasteiger partial charge < -0.3 is 20.9 Å². The molecule has 166 valence electrons. The topological polar surface area (TPSA) is 123 Å². The molecule has 2 aromatic heterocycles. The van der Waals surface area contributed by atoms with Crippen LogP contribution in [0.15, 0.2) is 24.7 Å². The fraction of sp³-hybridized carbons (Fsp3) is 0.500. The van der Waals surface area contributed by atoms with Crippen LogP contribution in [0.5, 0.6) is 5.88 Å². The summed E-state index contributed by atoms with van der Waals surface area (Å²) in [5.74, 6) is -0.852. The van der Waals surface area contributed by atoms with Gasteiger partial charge in [0, 0.05) is 17.8 Å². The molecule has 0 radical (unpaired) electrons. The first-order valence-electron chi connectivity index (χ1n) is 9.68. The van der Waals surface area contributed by atoms with Crippen LogP contribution in [0.2, 0.25) is 0 Å². The second-order valence-corrected chi connectivity index (χ2v) is 6.62. The van der Waals surface area contributed by atoms with E-state index in [4.69, 9.17) is 14.6 Å². The number of carbonyl (C=O) groups excluding carboxylic acids is 1. The molecule has 8 nitrogen and oxygen atoms in total. The van der Waals surface area contributed by atoms with E-state index in [1.807, 2.05) is 14.0 Å². The zero-order chi connectivity index (χ0) is 22.4. The number of aliphatic hydroxyl groups excluding tert-OH is 1. The van der Waals surface area contributed by atoms with Crippen LogP contribution in [0.25, 0.3) is 11.4 Å². The third-order valence-corrected chi connectivity index (χ3v) is 4.28. The van der Waals surface area contributed by atoms with E-state index in [2.05, 4.69) is 26.0 Å². The van der Waals surface area contributed by atoms with E-state index in [-0.39, 0.29) is 36.9 Å². The number of aromatic nitrogens is 3. The van der Waals surface area contributed by atoms with Crippen LogP contribution in [0.1, 0.15) is 39.0 Å².